The van der Waals surface area contributed by atoms with E-state index in [1.165, 1.54) is 12.1 Å². The molecule has 17 heavy (non-hydrogen) atoms. The number of aliphatic hydroxyl groups is 1. The van der Waals surface area contributed by atoms with Gasteiger partial charge in [-0.2, -0.15) is 0 Å². The molecule has 1 heterocycles. The molecule has 5 heteroatoms. The van der Waals surface area contributed by atoms with Crippen LogP contribution in [0.2, 0.25) is 0 Å². The van der Waals surface area contributed by atoms with Gasteiger partial charge in [0, 0.05) is 11.4 Å². The Kier molecular flexibility index (Phi) is 3.10. The van der Waals surface area contributed by atoms with Gasteiger partial charge < -0.3 is 14.8 Å². The number of hydrogen-bond donors (Lipinski definition) is 2. The van der Waals surface area contributed by atoms with Crippen LogP contribution in [0, 0.1) is 5.82 Å². The van der Waals surface area contributed by atoms with Crippen molar-refractivity contribution in [2.45, 2.75) is 13.0 Å². The third-order valence-corrected chi connectivity index (χ3v) is 2.37. The highest BCUT2D eigenvalue weighted by atomic mass is 19.1. The maximum Gasteiger partial charge on any atom is 0.287 e. The van der Waals surface area contributed by atoms with Gasteiger partial charge in [-0.1, -0.05) is 12.1 Å². The molecule has 0 saturated heterocycles. The fourth-order valence-corrected chi connectivity index (χ4v) is 1.48. The zero-order chi connectivity index (χ0) is 12.4. The first-order valence-electron chi connectivity index (χ1n) is 5.21. The molecule has 0 saturated carbocycles. The highest BCUT2D eigenvalue weighted by Crippen LogP contribution is 2.21. The topological polar surface area (TPSA) is 62.5 Å². The molecule has 0 bridgehead atoms. The summed E-state index contributed by atoms with van der Waals surface area (Å²) < 4.78 is 18.5. The Morgan fingerprint density at radius 3 is 3.00 bits per heavy atom. The second kappa shape index (κ2) is 4.55. The monoisotopic (exact) mass is 237 g/mol. The number of fused-ring (bicyclic) bond motifs is 1. The van der Waals surface area contributed by atoms with Crippen molar-refractivity contribution in [2.24, 2.45) is 0 Å². The highest BCUT2D eigenvalue weighted by molar-refractivity contribution is 5.96. The summed E-state index contributed by atoms with van der Waals surface area (Å²) in [5.74, 6) is -0.940. The summed E-state index contributed by atoms with van der Waals surface area (Å²) in [6.07, 6.45) is 0. The number of nitrogens with one attached hydrogen (secondary N) is 1. The zero-order valence-corrected chi connectivity index (χ0v) is 9.24. The lowest BCUT2D eigenvalue weighted by molar-refractivity contribution is 0.0896. The molecule has 4 nitrogen and oxygen atoms in total. The van der Waals surface area contributed by atoms with Crippen LogP contribution in [-0.2, 0) is 0 Å². The van der Waals surface area contributed by atoms with Gasteiger partial charge in [0.2, 0.25) is 0 Å². The SMILES string of the molecule is CC(CO)NC(=O)c1cc2cccc(F)c2o1. The number of para-hydroxylation sites is 1. The summed E-state index contributed by atoms with van der Waals surface area (Å²) in [4.78, 5) is 11.7. The second-order valence-electron chi connectivity index (χ2n) is 3.83. The number of benzene rings is 1. The summed E-state index contributed by atoms with van der Waals surface area (Å²) in [6.45, 7) is 1.49. The van der Waals surface area contributed by atoms with Crippen molar-refractivity contribution < 1.29 is 18.7 Å². The third kappa shape index (κ3) is 2.29. The lowest BCUT2D eigenvalue weighted by atomic mass is 10.2. The third-order valence-electron chi connectivity index (χ3n) is 2.37. The largest absolute Gasteiger partial charge is 0.448 e. The smallest absolute Gasteiger partial charge is 0.287 e. The molecule has 0 spiro atoms. The number of halogens is 1. The van der Waals surface area contributed by atoms with Gasteiger partial charge in [-0.15, -0.1) is 0 Å². The summed E-state index contributed by atoms with van der Waals surface area (Å²) in [7, 11) is 0. The Balaban J connectivity index is 2.30. The lowest BCUT2D eigenvalue weighted by Gasteiger charge is -2.08. The molecule has 0 aliphatic rings. The van der Waals surface area contributed by atoms with Crippen LogP contribution in [-0.4, -0.2) is 23.7 Å². The highest BCUT2D eigenvalue weighted by Gasteiger charge is 2.15. The van der Waals surface area contributed by atoms with Crippen LogP contribution < -0.4 is 5.32 Å². The van der Waals surface area contributed by atoms with Gasteiger partial charge in [-0.25, -0.2) is 4.39 Å². The van der Waals surface area contributed by atoms with Crippen LogP contribution in [0.4, 0.5) is 4.39 Å². The average Bonchev–Trinajstić information content (AvgIpc) is 2.74. The van der Waals surface area contributed by atoms with E-state index in [4.69, 9.17) is 9.52 Å². The Morgan fingerprint density at radius 2 is 2.35 bits per heavy atom. The van der Waals surface area contributed by atoms with Crippen LogP contribution in [0.1, 0.15) is 17.5 Å². The number of hydrogen-bond acceptors (Lipinski definition) is 3. The maximum atomic E-state index is 13.3. The van der Waals surface area contributed by atoms with Crippen molar-refractivity contribution in [1.29, 1.82) is 0 Å². The predicted octanol–water partition coefficient (Wildman–Crippen LogP) is 1.68. The Morgan fingerprint density at radius 1 is 1.59 bits per heavy atom. The van der Waals surface area contributed by atoms with Crippen molar-refractivity contribution in [1.82, 2.24) is 5.32 Å². The number of carbonyl (C=O) groups is 1. The fourth-order valence-electron chi connectivity index (χ4n) is 1.48. The first kappa shape index (κ1) is 11.6. The fraction of sp³-hybridized carbons (Fsp3) is 0.250. The van der Waals surface area contributed by atoms with Crippen molar-refractivity contribution in [2.75, 3.05) is 6.61 Å². The number of furan rings is 1. The minimum Gasteiger partial charge on any atom is -0.448 e. The van der Waals surface area contributed by atoms with Crippen molar-refractivity contribution in [3.8, 4) is 0 Å². The van der Waals surface area contributed by atoms with Gasteiger partial charge in [0.15, 0.2) is 17.2 Å². The molecule has 90 valence electrons. The molecule has 2 N–H and O–H groups in total. The van der Waals surface area contributed by atoms with E-state index in [-0.39, 0.29) is 24.0 Å². The summed E-state index contributed by atoms with van der Waals surface area (Å²) in [5.41, 5.74) is 0.0642. The molecule has 1 atom stereocenters. The van der Waals surface area contributed by atoms with Gasteiger partial charge in [-0.3, -0.25) is 4.79 Å². The first-order valence-corrected chi connectivity index (χ1v) is 5.21. The molecule has 2 rings (SSSR count). The van der Waals surface area contributed by atoms with E-state index in [0.29, 0.717) is 5.39 Å². The van der Waals surface area contributed by atoms with Gasteiger partial charge in [0.05, 0.1) is 6.61 Å². The van der Waals surface area contributed by atoms with Gasteiger partial charge >= 0.3 is 0 Å². The van der Waals surface area contributed by atoms with E-state index in [2.05, 4.69) is 5.32 Å². The first-order chi connectivity index (χ1) is 8.11. The quantitative estimate of drug-likeness (QED) is 0.853. The summed E-state index contributed by atoms with van der Waals surface area (Å²) in [6, 6.07) is 5.57. The van der Waals surface area contributed by atoms with Crippen LogP contribution >= 0.6 is 0 Å². The minimum atomic E-state index is -0.503. The minimum absolute atomic E-state index is 0.0328. The Hall–Kier alpha value is -1.88. The van der Waals surface area contributed by atoms with E-state index in [0.717, 1.165) is 0 Å². The molecule has 1 unspecified atom stereocenters. The second-order valence-corrected chi connectivity index (χ2v) is 3.83. The van der Waals surface area contributed by atoms with E-state index < -0.39 is 11.7 Å². The summed E-state index contributed by atoms with van der Waals surface area (Å²) >= 11 is 0. The van der Waals surface area contributed by atoms with Gasteiger partial charge in [-0.05, 0) is 19.1 Å². The average molecular weight is 237 g/mol. The van der Waals surface area contributed by atoms with Crippen LogP contribution in [0.15, 0.2) is 28.7 Å². The lowest BCUT2D eigenvalue weighted by Crippen LogP contribution is -2.34. The maximum absolute atomic E-state index is 13.3. The van der Waals surface area contributed by atoms with Crippen LogP contribution in [0.5, 0.6) is 0 Å². The van der Waals surface area contributed by atoms with Crippen LogP contribution in [0.3, 0.4) is 0 Å². The molecule has 2 aromatic rings. The van der Waals surface area contributed by atoms with Crippen molar-refractivity contribution in [3.05, 3.63) is 35.8 Å². The van der Waals surface area contributed by atoms with E-state index >= 15 is 0 Å². The van der Waals surface area contributed by atoms with E-state index in [1.807, 2.05) is 0 Å². The van der Waals surface area contributed by atoms with E-state index in [1.54, 1.807) is 19.1 Å². The van der Waals surface area contributed by atoms with Crippen molar-refractivity contribution in [3.63, 3.8) is 0 Å². The van der Waals surface area contributed by atoms with Crippen molar-refractivity contribution >= 4 is 16.9 Å². The van der Waals surface area contributed by atoms with E-state index in [9.17, 15) is 9.18 Å². The normalized spacial score (nSPS) is 12.6. The number of rotatable bonds is 3. The molecule has 0 aliphatic carbocycles. The molecular formula is C12H12FNO3. The number of amides is 1. The molecule has 1 aromatic carbocycles. The molecule has 0 fully saturated rings. The predicted molar refractivity (Wildman–Crippen MR) is 60.2 cm³/mol. The standard InChI is InChI=1S/C12H12FNO3/c1-7(6-15)14-12(16)10-5-8-3-2-4-9(13)11(8)17-10/h2-5,7,15H,6H2,1H3,(H,14,16). The molecule has 1 aromatic heterocycles. The molecule has 1 amide bonds. The molecule has 0 aliphatic heterocycles. The zero-order valence-electron chi connectivity index (χ0n) is 9.24. The molecule has 0 radical (unpaired) electrons. The summed E-state index contributed by atoms with van der Waals surface area (Å²) in [5, 5.41) is 11.9. The van der Waals surface area contributed by atoms with Gasteiger partial charge in [0.25, 0.3) is 5.91 Å². The molecular weight excluding hydrogens is 225 g/mol. The number of aliphatic hydroxyl groups excluding tert-OH is 1. The Bertz CT molecular complexity index is 550. The van der Waals surface area contributed by atoms with Gasteiger partial charge in [0.1, 0.15) is 0 Å². The number of carbonyl (C=O) groups excluding carboxylic acids is 1. The van der Waals surface area contributed by atoms with Crippen LogP contribution in [0.25, 0.3) is 11.0 Å². The Labute approximate surface area is 97.0 Å².